The second-order valence-corrected chi connectivity index (χ2v) is 4.92. The first-order chi connectivity index (χ1) is 11.7. The molecule has 0 aromatic heterocycles. The van der Waals surface area contributed by atoms with Gasteiger partial charge in [0.2, 0.25) is 11.8 Å². The maximum absolute atomic E-state index is 12.1. The van der Waals surface area contributed by atoms with Crippen LogP contribution in [-0.4, -0.2) is 24.7 Å². The normalized spacial score (nSPS) is 10.8. The Labute approximate surface area is 140 Å². The van der Waals surface area contributed by atoms with E-state index in [1.54, 1.807) is 12.1 Å². The average Bonchev–Trinajstić information content (AvgIpc) is 2.54. The smallest absolute Gasteiger partial charge is 0.406 e. The van der Waals surface area contributed by atoms with E-state index in [-0.39, 0.29) is 12.3 Å². The van der Waals surface area contributed by atoms with Crippen LogP contribution >= 0.6 is 0 Å². The first-order valence-electron chi connectivity index (χ1n) is 7.02. The van der Waals surface area contributed by atoms with Crippen LogP contribution in [-0.2, 0) is 4.79 Å². The van der Waals surface area contributed by atoms with Crippen molar-refractivity contribution in [3.63, 3.8) is 0 Å². The molecule has 0 bridgehead atoms. The number of ether oxygens (including phenoxy) is 1. The number of halogens is 3. The first-order valence-corrected chi connectivity index (χ1v) is 7.02. The highest BCUT2D eigenvalue weighted by Gasteiger charge is 2.30. The maximum atomic E-state index is 12.1. The molecule has 132 valence electrons. The lowest BCUT2D eigenvalue weighted by molar-refractivity contribution is -0.274. The molecule has 2 amide bonds. The molecule has 2 aromatic rings. The van der Waals surface area contributed by atoms with E-state index in [9.17, 15) is 22.8 Å². The summed E-state index contributed by atoms with van der Waals surface area (Å²) < 4.78 is 39.9. The molecule has 0 saturated carbocycles. The second-order valence-electron chi connectivity index (χ2n) is 4.92. The zero-order chi connectivity index (χ0) is 18.4. The van der Waals surface area contributed by atoms with E-state index in [0.717, 1.165) is 12.1 Å². The van der Waals surface area contributed by atoms with E-state index >= 15 is 0 Å². The van der Waals surface area contributed by atoms with Crippen molar-refractivity contribution in [1.82, 2.24) is 0 Å². The van der Waals surface area contributed by atoms with Crippen molar-refractivity contribution in [1.29, 1.82) is 0 Å². The van der Waals surface area contributed by atoms with E-state index in [4.69, 9.17) is 5.73 Å². The number of rotatable bonds is 6. The third kappa shape index (κ3) is 6.05. The van der Waals surface area contributed by atoms with E-state index in [2.05, 4.69) is 15.4 Å². The summed E-state index contributed by atoms with van der Waals surface area (Å²) in [5, 5.41) is 5.36. The van der Waals surface area contributed by atoms with E-state index in [1.165, 1.54) is 24.3 Å². The Bertz CT molecular complexity index is 744. The molecule has 25 heavy (non-hydrogen) atoms. The lowest BCUT2D eigenvalue weighted by atomic mass is 10.2. The van der Waals surface area contributed by atoms with Gasteiger partial charge in [-0.3, -0.25) is 9.59 Å². The van der Waals surface area contributed by atoms with Gasteiger partial charge in [-0.25, -0.2) is 0 Å². The van der Waals surface area contributed by atoms with Crippen LogP contribution in [0.1, 0.15) is 10.4 Å². The summed E-state index contributed by atoms with van der Waals surface area (Å²) in [6, 6.07) is 11.0. The van der Waals surface area contributed by atoms with Gasteiger partial charge in [-0.05, 0) is 48.5 Å². The SMILES string of the molecule is NC(=O)c1ccc(NCC(=O)Nc2ccc(OC(F)(F)F)cc2)cc1. The molecule has 0 fully saturated rings. The molecule has 2 aromatic carbocycles. The van der Waals surface area contributed by atoms with Crippen LogP contribution in [0.25, 0.3) is 0 Å². The van der Waals surface area contributed by atoms with Gasteiger partial charge in [0.05, 0.1) is 6.54 Å². The van der Waals surface area contributed by atoms with Crippen molar-refractivity contribution in [3.8, 4) is 5.75 Å². The summed E-state index contributed by atoms with van der Waals surface area (Å²) in [6.07, 6.45) is -4.77. The number of carbonyl (C=O) groups is 2. The number of nitrogens with two attached hydrogens (primary N) is 1. The van der Waals surface area contributed by atoms with Crippen molar-refractivity contribution in [2.75, 3.05) is 17.2 Å². The van der Waals surface area contributed by atoms with Gasteiger partial charge >= 0.3 is 6.36 Å². The molecule has 0 atom stereocenters. The summed E-state index contributed by atoms with van der Waals surface area (Å²) in [4.78, 5) is 22.8. The van der Waals surface area contributed by atoms with Crippen molar-refractivity contribution in [2.24, 2.45) is 5.73 Å². The molecule has 2 rings (SSSR count). The molecule has 0 heterocycles. The Hall–Kier alpha value is -3.23. The molecule has 4 N–H and O–H groups in total. The highest BCUT2D eigenvalue weighted by molar-refractivity contribution is 5.94. The highest BCUT2D eigenvalue weighted by Crippen LogP contribution is 2.23. The molecular weight excluding hydrogens is 339 g/mol. The van der Waals surface area contributed by atoms with Crippen LogP contribution in [0.3, 0.4) is 0 Å². The number of hydrogen-bond donors (Lipinski definition) is 3. The third-order valence-corrected chi connectivity index (χ3v) is 2.99. The molecule has 0 unspecified atom stereocenters. The Morgan fingerprint density at radius 2 is 1.52 bits per heavy atom. The number of anilines is 2. The van der Waals surface area contributed by atoms with Crippen molar-refractivity contribution >= 4 is 23.2 Å². The van der Waals surface area contributed by atoms with Crippen molar-refractivity contribution in [2.45, 2.75) is 6.36 Å². The van der Waals surface area contributed by atoms with Gasteiger partial charge in [-0.2, -0.15) is 0 Å². The van der Waals surface area contributed by atoms with Crippen LogP contribution < -0.4 is 21.1 Å². The predicted molar refractivity (Wildman–Crippen MR) is 85.2 cm³/mol. The van der Waals surface area contributed by atoms with Gasteiger partial charge in [-0.15, -0.1) is 13.2 Å². The van der Waals surface area contributed by atoms with E-state index < -0.39 is 18.2 Å². The van der Waals surface area contributed by atoms with Crippen LogP contribution in [0.2, 0.25) is 0 Å². The zero-order valence-electron chi connectivity index (χ0n) is 12.8. The zero-order valence-corrected chi connectivity index (χ0v) is 12.8. The molecule has 0 aliphatic carbocycles. The largest absolute Gasteiger partial charge is 0.573 e. The molecular formula is C16H14F3N3O3. The van der Waals surface area contributed by atoms with Crippen molar-refractivity contribution < 1.29 is 27.5 Å². The Balaban J connectivity index is 1.84. The Morgan fingerprint density at radius 1 is 0.960 bits per heavy atom. The third-order valence-electron chi connectivity index (χ3n) is 2.99. The van der Waals surface area contributed by atoms with Gasteiger partial charge in [-0.1, -0.05) is 0 Å². The fourth-order valence-corrected chi connectivity index (χ4v) is 1.88. The number of nitrogens with one attached hydrogen (secondary N) is 2. The lowest BCUT2D eigenvalue weighted by Gasteiger charge is -2.10. The summed E-state index contributed by atoms with van der Waals surface area (Å²) in [6.45, 7) is -0.0727. The van der Waals surface area contributed by atoms with Crippen LogP contribution in [0.4, 0.5) is 24.5 Å². The summed E-state index contributed by atoms with van der Waals surface area (Å²) >= 11 is 0. The number of primary amides is 1. The first kappa shape index (κ1) is 18.1. The Morgan fingerprint density at radius 3 is 2.04 bits per heavy atom. The van der Waals surface area contributed by atoms with Crippen LogP contribution in [0, 0.1) is 0 Å². The highest BCUT2D eigenvalue weighted by atomic mass is 19.4. The van der Waals surface area contributed by atoms with Gasteiger partial charge in [0.25, 0.3) is 0 Å². The average molecular weight is 353 g/mol. The summed E-state index contributed by atoms with van der Waals surface area (Å²) in [5.74, 6) is -1.33. The molecule has 0 aliphatic heterocycles. The van der Waals surface area contributed by atoms with Crippen molar-refractivity contribution in [3.05, 3.63) is 54.1 Å². The molecule has 0 aliphatic rings. The van der Waals surface area contributed by atoms with E-state index in [1.807, 2.05) is 0 Å². The molecule has 0 spiro atoms. The molecule has 9 heteroatoms. The number of hydrogen-bond acceptors (Lipinski definition) is 4. The number of amides is 2. The van der Waals surface area contributed by atoms with Gasteiger partial charge < -0.3 is 21.1 Å². The number of benzene rings is 2. The van der Waals surface area contributed by atoms with Crippen LogP contribution in [0.5, 0.6) is 5.75 Å². The van der Waals surface area contributed by atoms with Crippen LogP contribution in [0.15, 0.2) is 48.5 Å². The summed E-state index contributed by atoms with van der Waals surface area (Å²) in [7, 11) is 0. The van der Waals surface area contributed by atoms with Gasteiger partial charge in [0.15, 0.2) is 0 Å². The minimum atomic E-state index is -4.77. The monoisotopic (exact) mass is 353 g/mol. The quantitative estimate of drug-likeness (QED) is 0.744. The lowest BCUT2D eigenvalue weighted by Crippen LogP contribution is -2.22. The fourth-order valence-electron chi connectivity index (χ4n) is 1.88. The number of alkyl halides is 3. The van der Waals surface area contributed by atoms with E-state index in [0.29, 0.717) is 16.9 Å². The summed E-state index contributed by atoms with van der Waals surface area (Å²) in [5.41, 5.74) is 6.40. The fraction of sp³-hybridized carbons (Fsp3) is 0.125. The standard InChI is InChI=1S/C16H14F3N3O3/c17-16(18,19)25-13-7-5-12(6-8-13)22-14(23)9-21-11-3-1-10(2-4-11)15(20)24/h1-8,21H,9H2,(H2,20,24)(H,22,23). The van der Waals surface area contributed by atoms with Gasteiger partial charge in [0.1, 0.15) is 5.75 Å². The Kier molecular flexibility index (Phi) is 5.48. The molecule has 0 saturated heterocycles. The maximum Gasteiger partial charge on any atom is 0.573 e. The minimum Gasteiger partial charge on any atom is -0.406 e. The topological polar surface area (TPSA) is 93.5 Å². The molecule has 6 nitrogen and oxygen atoms in total. The number of carbonyl (C=O) groups excluding carboxylic acids is 2. The molecule has 0 radical (unpaired) electrons. The predicted octanol–water partition coefficient (Wildman–Crippen LogP) is 2.73. The van der Waals surface area contributed by atoms with Gasteiger partial charge in [0, 0.05) is 16.9 Å². The second kappa shape index (κ2) is 7.56. The minimum absolute atomic E-state index is 0.0727.